The minimum absolute atomic E-state index is 0.0417. The fraction of sp³-hybridized carbons (Fsp3) is 0.273. The van der Waals surface area contributed by atoms with Gasteiger partial charge in [0.15, 0.2) is 11.7 Å². The van der Waals surface area contributed by atoms with Crippen molar-refractivity contribution in [3.8, 4) is 17.0 Å². The number of aryl methyl sites for hydroxylation is 5. The number of anilines is 1. The van der Waals surface area contributed by atoms with Gasteiger partial charge in [0.2, 0.25) is 0 Å². The van der Waals surface area contributed by atoms with Crippen LogP contribution in [0.5, 0.6) is 5.75 Å². The smallest absolute Gasteiger partial charge is 0.264 e. The summed E-state index contributed by atoms with van der Waals surface area (Å²) in [7, 11) is 0. The van der Waals surface area contributed by atoms with Crippen molar-refractivity contribution in [2.75, 3.05) is 11.9 Å². The lowest BCUT2D eigenvalue weighted by Crippen LogP contribution is -2.20. The Morgan fingerprint density at radius 3 is 2.37 bits per heavy atom. The van der Waals surface area contributed by atoms with E-state index in [-0.39, 0.29) is 12.5 Å². The average Bonchev–Trinajstić information content (AvgIpc) is 3.03. The minimum atomic E-state index is -0.216. The topological polar surface area (TPSA) is 51.2 Å². The second-order valence-electron chi connectivity index (χ2n) is 6.89. The molecular formula is C22H24N2O2S. The van der Waals surface area contributed by atoms with Crippen LogP contribution in [-0.2, 0) is 4.79 Å². The highest BCUT2D eigenvalue weighted by atomic mass is 32.1. The SMILES string of the molecule is Cc1cc(C)c(-c2csc(NC(=O)COc3ccc(C)c(C)c3)n2)c(C)c1. The van der Waals surface area contributed by atoms with E-state index < -0.39 is 0 Å². The van der Waals surface area contributed by atoms with Crippen molar-refractivity contribution < 1.29 is 9.53 Å². The van der Waals surface area contributed by atoms with Crippen molar-refractivity contribution in [3.05, 3.63) is 63.5 Å². The van der Waals surface area contributed by atoms with Crippen LogP contribution in [-0.4, -0.2) is 17.5 Å². The molecule has 1 aromatic heterocycles. The zero-order chi connectivity index (χ0) is 19.6. The Kier molecular flexibility index (Phi) is 5.61. The molecule has 0 radical (unpaired) electrons. The van der Waals surface area contributed by atoms with Gasteiger partial charge in [0, 0.05) is 10.9 Å². The summed E-state index contributed by atoms with van der Waals surface area (Å²) in [5, 5.41) is 5.38. The van der Waals surface area contributed by atoms with Crippen LogP contribution < -0.4 is 10.1 Å². The first-order chi connectivity index (χ1) is 12.8. The van der Waals surface area contributed by atoms with Crippen LogP contribution in [0.4, 0.5) is 5.13 Å². The molecule has 3 aromatic rings. The molecule has 0 atom stereocenters. The maximum absolute atomic E-state index is 12.2. The molecule has 1 amide bonds. The predicted octanol–water partition coefficient (Wildman–Crippen LogP) is 5.37. The summed E-state index contributed by atoms with van der Waals surface area (Å²) in [6.07, 6.45) is 0. The number of ether oxygens (including phenoxy) is 1. The van der Waals surface area contributed by atoms with Crippen LogP contribution in [0.3, 0.4) is 0 Å². The van der Waals surface area contributed by atoms with Crippen molar-refractivity contribution in [2.45, 2.75) is 34.6 Å². The second-order valence-corrected chi connectivity index (χ2v) is 7.75. The molecule has 0 saturated carbocycles. The van der Waals surface area contributed by atoms with Gasteiger partial charge in [-0.1, -0.05) is 23.8 Å². The quantitative estimate of drug-likeness (QED) is 0.647. The monoisotopic (exact) mass is 380 g/mol. The number of carbonyl (C=O) groups excluding carboxylic acids is 1. The molecule has 0 saturated heterocycles. The van der Waals surface area contributed by atoms with Crippen LogP contribution in [0.1, 0.15) is 27.8 Å². The van der Waals surface area contributed by atoms with Gasteiger partial charge in [-0.3, -0.25) is 10.1 Å². The number of benzene rings is 2. The number of hydrogen-bond donors (Lipinski definition) is 1. The molecule has 5 heteroatoms. The average molecular weight is 381 g/mol. The minimum Gasteiger partial charge on any atom is -0.484 e. The maximum atomic E-state index is 12.2. The van der Waals surface area contributed by atoms with Crippen LogP contribution >= 0.6 is 11.3 Å². The Hall–Kier alpha value is -2.66. The molecular weight excluding hydrogens is 356 g/mol. The summed E-state index contributed by atoms with van der Waals surface area (Å²) in [6, 6.07) is 10.1. The van der Waals surface area contributed by atoms with E-state index in [0.29, 0.717) is 10.9 Å². The van der Waals surface area contributed by atoms with Gasteiger partial charge in [-0.25, -0.2) is 4.98 Å². The number of thiazole rings is 1. The van der Waals surface area contributed by atoms with Gasteiger partial charge in [0.05, 0.1) is 5.69 Å². The lowest BCUT2D eigenvalue weighted by molar-refractivity contribution is -0.118. The summed E-state index contributed by atoms with van der Waals surface area (Å²) in [5.74, 6) is 0.477. The van der Waals surface area contributed by atoms with E-state index in [2.05, 4.69) is 43.2 Å². The van der Waals surface area contributed by atoms with Crippen LogP contribution in [0.15, 0.2) is 35.7 Å². The Labute approximate surface area is 164 Å². The summed E-state index contributed by atoms with van der Waals surface area (Å²) < 4.78 is 5.58. The zero-order valence-electron chi connectivity index (χ0n) is 16.3. The van der Waals surface area contributed by atoms with Gasteiger partial charge in [-0.2, -0.15) is 0 Å². The number of amides is 1. The Morgan fingerprint density at radius 1 is 1.00 bits per heavy atom. The molecule has 2 aromatic carbocycles. The van der Waals surface area contributed by atoms with E-state index in [1.807, 2.05) is 37.4 Å². The Morgan fingerprint density at radius 2 is 1.70 bits per heavy atom. The van der Waals surface area contributed by atoms with Crippen molar-refractivity contribution in [3.63, 3.8) is 0 Å². The fourth-order valence-corrected chi connectivity index (χ4v) is 3.86. The standard InChI is InChI=1S/C22H24N2O2S/c1-13-8-16(4)21(17(5)9-13)19-12-27-22(23-19)24-20(25)11-26-18-7-6-14(2)15(3)10-18/h6-10,12H,11H2,1-5H3,(H,23,24,25). The first kappa shape index (κ1) is 19.1. The normalized spacial score (nSPS) is 10.7. The number of hydrogen-bond acceptors (Lipinski definition) is 4. The molecule has 0 aliphatic rings. The number of nitrogens with one attached hydrogen (secondary N) is 1. The van der Waals surface area contributed by atoms with Gasteiger partial charge in [0.1, 0.15) is 5.75 Å². The summed E-state index contributed by atoms with van der Waals surface area (Å²) in [6.45, 7) is 10.3. The molecule has 0 fully saturated rings. The largest absolute Gasteiger partial charge is 0.484 e. The van der Waals surface area contributed by atoms with Crippen LogP contribution in [0.25, 0.3) is 11.3 Å². The van der Waals surface area contributed by atoms with E-state index in [4.69, 9.17) is 4.74 Å². The van der Waals surface area contributed by atoms with Crippen molar-refractivity contribution in [1.82, 2.24) is 4.98 Å². The Balaban J connectivity index is 1.65. The second kappa shape index (κ2) is 7.92. The number of rotatable bonds is 5. The van der Waals surface area contributed by atoms with Gasteiger partial charge < -0.3 is 4.74 Å². The third kappa shape index (κ3) is 4.55. The molecule has 0 unspecified atom stereocenters. The van der Waals surface area contributed by atoms with Gasteiger partial charge >= 0.3 is 0 Å². The van der Waals surface area contributed by atoms with Crippen molar-refractivity contribution in [1.29, 1.82) is 0 Å². The number of nitrogens with zero attached hydrogens (tertiary/aromatic N) is 1. The molecule has 0 aliphatic carbocycles. The molecule has 140 valence electrons. The first-order valence-electron chi connectivity index (χ1n) is 8.87. The third-order valence-corrected chi connectivity index (χ3v) is 5.29. The summed E-state index contributed by atoms with van der Waals surface area (Å²) in [4.78, 5) is 16.8. The molecule has 3 rings (SSSR count). The first-order valence-corrected chi connectivity index (χ1v) is 9.75. The van der Waals surface area contributed by atoms with Gasteiger partial charge in [0.25, 0.3) is 5.91 Å². The van der Waals surface area contributed by atoms with Crippen molar-refractivity contribution in [2.24, 2.45) is 0 Å². The molecule has 4 nitrogen and oxygen atoms in total. The van der Waals surface area contributed by atoms with Gasteiger partial charge in [-0.05, 0) is 69.0 Å². The number of carbonyl (C=O) groups is 1. The fourth-order valence-electron chi connectivity index (χ4n) is 3.14. The molecule has 1 N–H and O–H groups in total. The van der Waals surface area contributed by atoms with Crippen molar-refractivity contribution >= 4 is 22.4 Å². The lowest BCUT2D eigenvalue weighted by Gasteiger charge is -2.09. The maximum Gasteiger partial charge on any atom is 0.264 e. The molecule has 1 heterocycles. The molecule has 27 heavy (non-hydrogen) atoms. The van der Waals surface area contributed by atoms with Crippen LogP contribution in [0.2, 0.25) is 0 Å². The van der Waals surface area contributed by atoms with E-state index in [0.717, 1.165) is 16.8 Å². The molecule has 0 aliphatic heterocycles. The summed E-state index contributed by atoms with van der Waals surface area (Å²) >= 11 is 1.42. The highest BCUT2D eigenvalue weighted by Crippen LogP contribution is 2.31. The highest BCUT2D eigenvalue weighted by Gasteiger charge is 2.12. The van der Waals surface area contributed by atoms with E-state index in [1.165, 1.54) is 33.6 Å². The Bertz CT molecular complexity index is 969. The number of aromatic nitrogens is 1. The van der Waals surface area contributed by atoms with Gasteiger partial charge in [-0.15, -0.1) is 11.3 Å². The zero-order valence-corrected chi connectivity index (χ0v) is 17.2. The van der Waals surface area contributed by atoms with E-state index >= 15 is 0 Å². The van der Waals surface area contributed by atoms with E-state index in [1.54, 1.807) is 0 Å². The lowest BCUT2D eigenvalue weighted by atomic mass is 9.98. The molecule has 0 bridgehead atoms. The van der Waals surface area contributed by atoms with Crippen LogP contribution in [0, 0.1) is 34.6 Å². The summed E-state index contributed by atoms with van der Waals surface area (Å²) in [5.41, 5.74) is 7.97. The third-order valence-electron chi connectivity index (χ3n) is 4.53. The van der Waals surface area contributed by atoms with E-state index in [9.17, 15) is 4.79 Å². The molecule has 0 spiro atoms. The predicted molar refractivity (Wildman–Crippen MR) is 112 cm³/mol. The highest BCUT2D eigenvalue weighted by molar-refractivity contribution is 7.14.